The van der Waals surface area contributed by atoms with Crippen LogP contribution in [0.4, 0.5) is 23.7 Å². The summed E-state index contributed by atoms with van der Waals surface area (Å²) in [5, 5.41) is 5.33. The van der Waals surface area contributed by atoms with Crippen molar-refractivity contribution in [3.05, 3.63) is 42.2 Å². The van der Waals surface area contributed by atoms with E-state index in [4.69, 9.17) is 5.73 Å². The minimum Gasteiger partial charge on any atom is -0.351 e. The molecule has 100 valence electrons. The summed E-state index contributed by atoms with van der Waals surface area (Å²) in [5.41, 5.74) is 3.58. The highest BCUT2D eigenvalue weighted by atomic mass is 19.4. The second kappa shape index (κ2) is 4.63. The van der Waals surface area contributed by atoms with E-state index in [2.05, 4.69) is 5.10 Å². The van der Waals surface area contributed by atoms with E-state index in [-0.39, 0.29) is 0 Å². The molecule has 0 saturated carbocycles. The second-order valence-electron chi connectivity index (χ2n) is 3.66. The molecular weight excluding hydrogens is 261 g/mol. The van der Waals surface area contributed by atoms with Crippen molar-refractivity contribution in [3.63, 3.8) is 0 Å². The molecule has 19 heavy (non-hydrogen) atoms. The van der Waals surface area contributed by atoms with Crippen LogP contribution in [0.3, 0.4) is 0 Å². The Morgan fingerprint density at radius 1 is 1.26 bits per heavy atom. The highest BCUT2D eigenvalue weighted by Gasteiger charge is 2.37. The average Bonchev–Trinajstić information content (AvgIpc) is 2.73. The molecule has 0 aliphatic heterocycles. The SMILES string of the molecule is NC(=O)Nc1cn(-c2ccccc2)nc1C(F)(F)F. The fourth-order valence-corrected chi connectivity index (χ4v) is 1.52. The molecule has 0 aliphatic rings. The quantitative estimate of drug-likeness (QED) is 0.879. The van der Waals surface area contributed by atoms with E-state index in [0.29, 0.717) is 5.69 Å². The zero-order chi connectivity index (χ0) is 14.0. The molecule has 0 bridgehead atoms. The highest BCUT2D eigenvalue weighted by molar-refractivity contribution is 5.88. The molecule has 0 aliphatic carbocycles. The number of halogens is 3. The van der Waals surface area contributed by atoms with Crippen molar-refractivity contribution >= 4 is 11.7 Å². The van der Waals surface area contributed by atoms with Crippen LogP contribution in [0.15, 0.2) is 36.5 Å². The summed E-state index contributed by atoms with van der Waals surface area (Å²) in [5.74, 6) is 0. The van der Waals surface area contributed by atoms with Crippen LogP contribution in [0.2, 0.25) is 0 Å². The minimum atomic E-state index is -4.68. The number of rotatable bonds is 2. The van der Waals surface area contributed by atoms with E-state index in [1.165, 1.54) is 0 Å². The van der Waals surface area contributed by atoms with Gasteiger partial charge in [-0.2, -0.15) is 18.3 Å². The molecule has 0 atom stereocenters. The van der Waals surface area contributed by atoms with Crippen LogP contribution in [0.5, 0.6) is 0 Å². The van der Waals surface area contributed by atoms with E-state index in [1.54, 1.807) is 30.3 Å². The van der Waals surface area contributed by atoms with Crippen molar-refractivity contribution in [3.8, 4) is 5.69 Å². The van der Waals surface area contributed by atoms with E-state index in [1.807, 2.05) is 5.32 Å². The number of benzene rings is 1. The lowest BCUT2D eigenvalue weighted by atomic mass is 10.3. The number of carbonyl (C=O) groups excluding carboxylic acids is 1. The molecular formula is C11H9F3N4O. The number of nitrogens with two attached hydrogens (primary N) is 1. The van der Waals surface area contributed by atoms with Crippen molar-refractivity contribution in [1.29, 1.82) is 0 Å². The molecule has 1 aromatic carbocycles. The number of primary amides is 1. The van der Waals surface area contributed by atoms with Gasteiger partial charge in [0.05, 0.1) is 17.6 Å². The number of amides is 2. The number of aromatic nitrogens is 2. The zero-order valence-electron chi connectivity index (χ0n) is 9.48. The lowest BCUT2D eigenvalue weighted by Gasteiger charge is -2.05. The van der Waals surface area contributed by atoms with Crippen LogP contribution in [-0.4, -0.2) is 15.8 Å². The maximum atomic E-state index is 12.8. The van der Waals surface area contributed by atoms with Crippen molar-refractivity contribution < 1.29 is 18.0 Å². The first-order chi connectivity index (χ1) is 8.88. The van der Waals surface area contributed by atoms with Gasteiger partial charge >= 0.3 is 12.2 Å². The van der Waals surface area contributed by atoms with Crippen LogP contribution < -0.4 is 11.1 Å². The van der Waals surface area contributed by atoms with Gasteiger partial charge in [0.2, 0.25) is 0 Å². The van der Waals surface area contributed by atoms with Crippen molar-refractivity contribution in [2.75, 3.05) is 5.32 Å². The van der Waals surface area contributed by atoms with Gasteiger partial charge in [0.15, 0.2) is 5.69 Å². The third kappa shape index (κ3) is 2.84. The predicted molar refractivity (Wildman–Crippen MR) is 61.8 cm³/mol. The standard InChI is InChI=1S/C11H9F3N4O/c12-11(13,14)9-8(16-10(15)19)6-18(17-9)7-4-2-1-3-5-7/h1-6H,(H3,15,16,19). The Balaban J connectivity index is 2.49. The lowest BCUT2D eigenvalue weighted by Crippen LogP contribution is -2.21. The molecule has 1 aromatic heterocycles. The number of urea groups is 1. The summed E-state index contributed by atoms with van der Waals surface area (Å²) in [4.78, 5) is 10.7. The maximum Gasteiger partial charge on any atom is 0.437 e. The third-order valence-corrected chi connectivity index (χ3v) is 2.26. The number of nitrogens with one attached hydrogen (secondary N) is 1. The topological polar surface area (TPSA) is 72.9 Å². The fraction of sp³-hybridized carbons (Fsp3) is 0.0909. The van der Waals surface area contributed by atoms with Gasteiger partial charge in [0.1, 0.15) is 0 Å². The van der Waals surface area contributed by atoms with E-state index >= 15 is 0 Å². The van der Waals surface area contributed by atoms with Gasteiger partial charge in [-0.05, 0) is 12.1 Å². The van der Waals surface area contributed by atoms with Crippen LogP contribution >= 0.6 is 0 Å². The maximum absolute atomic E-state index is 12.8. The first-order valence-electron chi connectivity index (χ1n) is 5.16. The molecule has 0 radical (unpaired) electrons. The summed E-state index contributed by atoms with van der Waals surface area (Å²) in [7, 11) is 0. The molecule has 0 unspecified atom stereocenters. The Morgan fingerprint density at radius 3 is 2.42 bits per heavy atom. The van der Waals surface area contributed by atoms with Crippen molar-refractivity contribution in [1.82, 2.24) is 9.78 Å². The highest BCUT2D eigenvalue weighted by Crippen LogP contribution is 2.34. The molecule has 0 saturated heterocycles. The van der Waals surface area contributed by atoms with Crippen LogP contribution in [0.1, 0.15) is 5.69 Å². The number of hydrogen-bond acceptors (Lipinski definition) is 2. The van der Waals surface area contributed by atoms with Gasteiger partial charge in [-0.1, -0.05) is 18.2 Å². The summed E-state index contributed by atoms with van der Waals surface area (Å²) < 4.78 is 39.3. The largest absolute Gasteiger partial charge is 0.437 e. The molecule has 0 spiro atoms. The van der Waals surface area contributed by atoms with Gasteiger partial charge < -0.3 is 11.1 Å². The minimum absolute atomic E-state index is 0.436. The average molecular weight is 270 g/mol. The van der Waals surface area contributed by atoms with Gasteiger partial charge in [-0.3, -0.25) is 0 Å². The van der Waals surface area contributed by atoms with Crippen LogP contribution in [0, 0.1) is 0 Å². The Hall–Kier alpha value is -2.51. The van der Waals surface area contributed by atoms with Crippen LogP contribution in [-0.2, 0) is 6.18 Å². The Morgan fingerprint density at radius 2 is 1.89 bits per heavy atom. The summed E-state index contributed by atoms with van der Waals surface area (Å²) in [6.45, 7) is 0. The Bertz CT molecular complexity index is 592. The van der Waals surface area contributed by atoms with Crippen molar-refractivity contribution in [2.24, 2.45) is 5.73 Å². The molecule has 2 rings (SSSR count). The fourth-order valence-electron chi connectivity index (χ4n) is 1.52. The number of hydrogen-bond donors (Lipinski definition) is 2. The molecule has 2 amide bonds. The van der Waals surface area contributed by atoms with Gasteiger partial charge in [-0.15, -0.1) is 0 Å². The number of carbonyl (C=O) groups is 1. The summed E-state index contributed by atoms with van der Waals surface area (Å²) >= 11 is 0. The first-order valence-corrected chi connectivity index (χ1v) is 5.16. The first kappa shape index (κ1) is 12.9. The zero-order valence-corrected chi connectivity index (χ0v) is 9.48. The molecule has 8 heteroatoms. The number of anilines is 1. The molecule has 5 nitrogen and oxygen atoms in total. The normalized spacial score (nSPS) is 11.3. The molecule has 3 N–H and O–H groups in total. The number of nitrogens with zero attached hydrogens (tertiary/aromatic N) is 2. The predicted octanol–water partition coefficient (Wildman–Crippen LogP) is 2.38. The summed E-state index contributed by atoms with van der Waals surface area (Å²) in [6.07, 6.45) is -3.62. The van der Waals surface area contributed by atoms with Gasteiger partial charge in [-0.25, -0.2) is 9.48 Å². The molecule has 1 heterocycles. The second-order valence-corrected chi connectivity index (χ2v) is 3.66. The van der Waals surface area contributed by atoms with Gasteiger partial charge in [0.25, 0.3) is 0 Å². The lowest BCUT2D eigenvalue weighted by molar-refractivity contribution is -0.140. The number of para-hydroxylation sites is 1. The summed E-state index contributed by atoms with van der Waals surface area (Å²) in [6, 6.07) is 7.12. The smallest absolute Gasteiger partial charge is 0.351 e. The molecule has 0 fully saturated rings. The van der Waals surface area contributed by atoms with Crippen LogP contribution in [0.25, 0.3) is 5.69 Å². The van der Waals surface area contributed by atoms with E-state index in [9.17, 15) is 18.0 Å². The van der Waals surface area contributed by atoms with E-state index in [0.717, 1.165) is 10.9 Å². The van der Waals surface area contributed by atoms with Crippen molar-refractivity contribution in [2.45, 2.75) is 6.18 Å². The van der Waals surface area contributed by atoms with Gasteiger partial charge in [0, 0.05) is 0 Å². The Labute approximate surface area is 105 Å². The monoisotopic (exact) mass is 270 g/mol. The number of alkyl halides is 3. The molecule has 2 aromatic rings. The Kier molecular flexibility index (Phi) is 3.16. The van der Waals surface area contributed by atoms with E-state index < -0.39 is 23.6 Å². The third-order valence-electron chi connectivity index (χ3n) is 2.26.